The van der Waals surface area contributed by atoms with Crippen molar-refractivity contribution in [2.24, 2.45) is 11.7 Å². The van der Waals surface area contributed by atoms with Crippen LogP contribution < -0.4 is 21.7 Å². The zero-order chi connectivity index (χ0) is 22.1. The van der Waals surface area contributed by atoms with Crippen molar-refractivity contribution in [1.82, 2.24) is 9.97 Å². The van der Waals surface area contributed by atoms with Crippen LogP contribution in [0.1, 0.15) is 41.9 Å². The van der Waals surface area contributed by atoms with Gasteiger partial charge >= 0.3 is 0 Å². The third kappa shape index (κ3) is 4.32. The first-order chi connectivity index (χ1) is 14.9. The average molecular weight is 419 g/mol. The highest BCUT2D eigenvalue weighted by atomic mass is 16.1. The van der Waals surface area contributed by atoms with E-state index in [1.54, 1.807) is 12.3 Å². The number of pyridine rings is 2. The minimum absolute atomic E-state index is 0.102. The number of aryl methyl sites for hydroxylation is 2. The predicted octanol–water partition coefficient (Wildman–Crippen LogP) is 3.51. The third-order valence-corrected chi connectivity index (χ3v) is 5.89. The van der Waals surface area contributed by atoms with Gasteiger partial charge in [-0.15, -0.1) is 0 Å². The van der Waals surface area contributed by atoms with Crippen molar-refractivity contribution in [1.29, 1.82) is 0 Å². The monoisotopic (exact) mass is 418 g/mol. The molecule has 2 atom stereocenters. The van der Waals surface area contributed by atoms with E-state index in [1.165, 1.54) is 0 Å². The predicted molar refractivity (Wildman–Crippen MR) is 126 cm³/mol. The van der Waals surface area contributed by atoms with Gasteiger partial charge in [-0.2, -0.15) is 0 Å². The Morgan fingerprint density at radius 3 is 2.81 bits per heavy atom. The summed E-state index contributed by atoms with van der Waals surface area (Å²) >= 11 is 0. The third-order valence-electron chi connectivity index (χ3n) is 5.89. The summed E-state index contributed by atoms with van der Waals surface area (Å²) in [6.45, 7) is 7.92. The number of rotatable bonds is 4. The molecule has 0 saturated carbocycles. The van der Waals surface area contributed by atoms with E-state index in [0.29, 0.717) is 17.3 Å². The molecule has 7 heteroatoms. The number of amides is 1. The molecule has 162 valence electrons. The summed E-state index contributed by atoms with van der Waals surface area (Å²) in [6.07, 6.45) is 5.39. The molecule has 2 aromatic heterocycles. The lowest BCUT2D eigenvalue weighted by molar-refractivity contribution is 0.102. The number of aromatic nitrogens is 2. The Kier molecular flexibility index (Phi) is 5.78. The molecule has 4 rings (SSSR count). The van der Waals surface area contributed by atoms with Gasteiger partial charge in [0.05, 0.1) is 28.8 Å². The molecule has 0 bridgehead atoms. The van der Waals surface area contributed by atoms with Crippen LogP contribution in [0, 0.1) is 12.8 Å². The minimum Gasteiger partial charge on any atom is -0.397 e. The highest BCUT2D eigenvalue weighted by Crippen LogP contribution is 2.33. The van der Waals surface area contributed by atoms with Gasteiger partial charge in [-0.1, -0.05) is 26.0 Å². The van der Waals surface area contributed by atoms with Gasteiger partial charge in [-0.25, -0.2) is 4.98 Å². The largest absolute Gasteiger partial charge is 0.397 e. The van der Waals surface area contributed by atoms with E-state index in [9.17, 15) is 4.79 Å². The number of hydrogen-bond acceptors (Lipinski definition) is 6. The number of nitrogens with zero attached hydrogens (tertiary/aromatic N) is 3. The second kappa shape index (κ2) is 8.51. The average Bonchev–Trinajstić information content (AvgIpc) is 2.72. The summed E-state index contributed by atoms with van der Waals surface area (Å²) in [7, 11) is 0. The van der Waals surface area contributed by atoms with E-state index in [-0.39, 0.29) is 17.6 Å². The Labute approximate surface area is 182 Å². The van der Waals surface area contributed by atoms with Gasteiger partial charge in [0.15, 0.2) is 5.69 Å². The molecule has 1 amide bonds. The topological polar surface area (TPSA) is 110 Å². The molecule has 0 radical (unpaired) electrons. The number of fused-ring (bicyclic) bond motifs is 1. The van der Waals surface area contributed by atoms with Gasteiger partial charge in [0.2, 0.25) is 0 Å². The molecule has 1 fully saturated rings. The number of carbonyl (C=O) groups is 1. The molecule has 3 aromatic rings. The fourth-order valence-corrected chi connectivity index (χ4v) is 4.46. The van der Waals surface area contributed by atoms with E-state index >= 15 is 0 Å². The van der Waals surface area contributed by atoms with Crippen molar-refractivity contribution in [2.75, 3.05) is 29.0 Å². The number of benzene rings is 1. The summed E-state index contributed by atoms with van der Waals surface area (Å²) in [6, 6.07) is 7.95. The number of nitrogens with one attached hydrogen (secondary N) is 1. The molecule has 1 saturated heterocycles. The Morgan fingerprint density at radius 1 is 1.26 bits per heavy atom. The molecule has 31 heavy (non-hydrogen) atoms. The Morgan fingerprint density at radius 2 is 2.06 bits per heavy atom. The molecule has 1 aromatic carbocycles. The molecule has 1 aliphatic heterocycles. The number of carbonyl (C=O) groups excluding carboxylic acids is 1. The zero-order valence-electron chi connectivity index (χ0n) is 18.4. The second-order valence-corrected chi connectivity index (χ2v) is 8.62. The van der Waals surface area contributed by atoms with Crippen molar-refractivity contribution in [3.8, 4) is 0 Å². The van der Waals surface area contributed by atoms with Crippen LogP contribution in [0.25, 0.3) is 10.9 Å². The Hall–Kier alpha value is -3.19. The normalized spacial score (nSPS) is 18.9. The van der Waals surface area contributed by atoms with Gasteiger partial charge in [0.1, 0.15) is 0 Å². The van der Waals surface area contributed by atoms with Gasteiger partial charge < -0.3 is 21.7 Å². The highest BCUT2D eigenvalue weighted by molar-refractivity contribution is 6.09. The van der Waals surface area contributed by atoms with Crippen LogP contribution in [-0.2, 0) is 6.42 Å². The first-order valence-corrected chi connectivity index (χ1v) is 10.8. The summed E-state index contributed by atoms with van der Waals surface area (Å²) in [5, 5.41) is 3.92. The van der Waals surface area contributed by atoms with Gasteiger partial charge in [-0.05, 0) is 48.9 Å². The smallest absolute Gasteiger partial charge is 0.276 e. The first-order valence-electron chi connectivity index (χ1n) is 10.8. The lowest BCUT2D eigenvalue weighted by Gasteiger charge is -2.38. The van der Waals surface area contributed by atoms with Gasteiger partial charge in [0, 0.05) is 30.7 Å². The quantitative estimate of drug-likeness (QED) is 0.598. The number of nitrogens with two attached hydrogens (primary N) is 2. The molecule has 0 aliphatic carbocycles. The number of anilines is 3. The van der Waals surface area contributed by atoms with Crippen LogP contribution in [0.2, 0.25) is 0 Å². The maximum Gasteiger partial charge on any atom is 0.276 e. The van der Waals surface area contributed by atoms with Crippen LogP contribution in [0.3, 0.4) is 0 Å². The lowest BCUT2D eigenvalue weighted by Crippen LogP contribution is -2.47. The molecular weight excluding hydrogens is 388 g/mol. The number of hydrogen-bond donors (Lipinski definition) is 3. The van der Waals surface area contributed by atoms with E-state index in [0.717, 1.165) is 53.6 Å². The van der Waals surface area contributed by atoms with Crippen LogP contribution in [-0.4, -0.2) is 35.0 Å². The fraction of sp³-hybridized carbons (Fsp3) is 0.375. The van der Waals surface area contributed by atoms with E-state index in [4.69, 9.17) is 11.5 Å². The molecule has 3 heterocycles. The van der Waals surface area contributed by atoms with Crippen molar-refractivity contribution < 1.29 is 4.79 Å². The van der Waals surface area contributed by atoms with E-state index in [1.807, 2.05) is 25.3 Å². The summed E-state index contributed by atoms with van der Waals surface area (Å²) < 4.78 is 0. The van der Waals surface area contributed by atoms with Crippen molar-refractivity contribution in [3.05, 3.63) is 53.5 Å². The lowest BCUT2D eigenvalue weighted by atomic mass is 9.95. The standard InChI is InChI=1S/C24H30N6O/c1-4-16-5-6-17-9-19(26)22(28-20(17)8-16)24(31)29-21-11-27-10-15(3)23(21)30-12-14(2)7-18(25)13-30/h5-6,8-11,14,18H,4,7,12-13,25-26H2,1-3H3,(H,29,31)/t14-,18+/m1/s1. The Balaban J connectivity index is 1.68. The van der Waals surface area contributed by atoms with E-state index < -0.39 is 0 Å². The minimum atomic E-state index is -0.343. The van der Waals surface area contributed by atoms with Crippen LogP contribution in [0.4, 0.5) is 17.1 Å². The van der Waals surface area contributed by atoms with Crippen molar-refractivity contribution >= 4 is 33.9 Å². The summed E-state index contributed by atoms with van der Waals surface area (Å²) in [4.78, 5) is 24.3. The van der Waals surface area contributed by atoms with Crippen LogP contribution in [0.5, 0.6) is 0 Å². The molecule has 1 aliphatic rings. The van der Waals surface area contributed by atoms with Crippen LogP contribution in [0.15, 0.2) is 36.7 Å². The SMILES string of the molecule is CCc1ccc2cc(N)c(C(=O)Nc3cncc(C)c3N3C[C@H](C)C[C@H](N)C3)nc2c1. The summed E-state index contributed by atoms with van der Waals surface area (Å²) in [5.41, 5.74) is 17.6. The van der Waals surface area contributed by atoms with Crippen molar-refractivity contribution in [2.45, 2.75) is 39.7 Å². The molecule has 0 unspecified atom stereocenters. The van der Waals surface area contributed by atoms with Gasteiger partial charge in [-0.3, -0.25) is 9.78 Å². The zero-order valence-corrected chi connectivity index (χ0v) is 18.4. The first kappa shape index (κ1) is 21.1. The summed E-state index contributed by atoms with van der Waals surface area (Å²) in [5.74, 6) is 0.134. The molecule has 7 nitrogen and oxygen atoms in total. The Bertz CT molecular complexity index is 1120. The van der Waals surface area contributed by atoms with Gasteiger partial charge in [0.25, 0.3) is 5.91 Å². The maximum absolute atomic E-state index is 13.2. The van der Waals surface area contributed by atoms with Crippen LogP contribution >= 0.6 is 0 Å². The molecule has 5 N–H and O–H groups in total. The van der Waals surface area contributed by atoms with E-state index in [2.05, 4.69) is 40.1 Å². The fourth-order valence-electron chi connectivity index (χ4n) is 4.46. The maximum atomic E-state index is 13.2. The number of nitrogen functional groups attached to an aromatic ring is 1. The van der Waals surface area contributed by atoms with Crippen molar-refractivity contribution in [3.63, 3.8) is 0 Å². The molecular formula is C24H30N6O. The second-order valence-electron chi connectivity index (χ2n) is 8.62. The highest BCUT2D eigenvalue weighted by Gasteiger charge is 2.26. The number of piperidine rings is 1. The molecule has 0 spiro atoms.